The molecule has 0 unspecified atom stereocenters. The van der Waals surface area contributed by atoms with Crippen molar-refractivity contribution in [3.05, 3.63) is 65.7 Å². The maximum Gasteiger partial charge on any atom is 0.251 e. The van der Waals surface area contributed by atoms with E-state index in [1.165, 1.54) is 38.5 Å². The van der Waals surface area contributed by atoms with Crippen LogP contribution in [0.4, 0.5) is 0 Å². The summed E-state index contributed by atoms with van der Waals surface area (Å²) in [6, 6.07) is 17.6. The van der Waals surface area contributed by atoms with Crippen molar-refractivity contribution in [2.75, 3.05) is 6.54 Å². The number of ether oxygens (including phenoxy) is 1. The molecule has 6 rings (SSSR count). The van der Waals surface area contributed by atoms with Crippen molar-refractivity contribution in [3.63, 3.8) is 0 Å². The number of carbonyl (C=O) groups is 1. The summed E-state index contributed by atoms with van der Waals surface area (Å²) in [5.74, 6) is 3.69. The smallest absolute Gasteiger partial charge is 0.251 e. The second-order valence-corrected chi connectivity index (χ2v) is 9.40. The van der Waals surface area contributed by atoms with Crippen LogP contribution >= 0.6 is 0 Å². The maximum atomic E-state index is 12.7. The summed E-state index contributed by atoms with van der Waals surface area (Å²) in [6.07, 6.45) is 8.32. The molecule has 3 heteroatoms. The number of para-hydroxylation sites is 1. The van der Waals surface area contributed by atoms with Crippen molar-refractivity contribution in [1.82, 2.24) is 5.32 Å². The van der Waals surface area contributed by atoms with E-state index in [0.717, 1.165) is 41.2 Å². The first-order valence-corrected chi connectivity index (χ1v) is 10.7. The zero-order valence-electron chi connectivity index (χ0n) is 16.4. The molecule has 2 aromatic rings. The van der Waals surface area contributed by atoms with Crippen molar-refractivity contribution in [3.8, 4) is 5.75 Å². The van der Waals surface area contributed by atoms with E-state index in [1.54, 1.807) is 0 Å². The second kappa shape index (κ2) is 7.27. The highest BCUT2D eigenvalue weighted by atomic mass is 16.5. The average Bonchev–Trinajstić information content (AvgIpc) is 2.71. The van der Waals surface area contributed by atoms with Gasteiger partial charge < -0.3 is 10.1 Å². The number of carbonyl (C=O) groups excluding carboxylic acids is 1. The van der Waals surface area contributed by atoms with Gasteiger partial charge in [-0.3, -0.25) is 4.79 Å². The van der Waals surface area contributed by atoms with Gasteiger partial charge in [-0.05, 0) is 91.5 Å². The molecule has 0 saturated heterocycles. The normalized spacial score (nSPS) is 30.2. The molecule has 0 radical (unpaired) electrons. The number of nitrogens with one attached hydrogen (secondary N) is 1. The lowest BCUT2D eigenvalue weighted by Crippen LogP contribution is -2.51. The molecular formula is C25H29NO2. The Hall–Kier alpha value is -2.29. The molecule has 0 aliphatic heterocycles. The minimum atomic E-state index is 0.0614. The molecule has 4 saturated carbocycles. The van der Waals surface area contributed by atoms with E-state index in [-0.39, 0.29) is 5.91 Å². The van der Waals surface area contributed by atoms with Crippen LogP contribution < -0.4 is 10.1 Å². The molecular weight excluding hydrogens is 346 g/mol. The molecule has 0 heterocycles. The second-order valence-electron chi connectivity index (χ2n) is 9.40. The first-order chi connectivity index (χ1) is 13.7. The van der Waals surface area contributed by atoms with E-state index in [9.17, 15) is 4.79 Å². The van der Waals surface area contributed by atoms with Gasteiger partial charge in [0.1, 0.15) is 12.4 Å². The van der Waals surface area contributed by atoms with Crippen molar-refractivity contribution >= 4 is 5.91 Å². The topological polar surface area (TPSA) is 38.3 Å². The summed E-state index contributed by atoms with van der Waals surface area (Å²) in [4.78, 5) is 12.7. The van der Waals surface area contributed by atoms with Crippen LogP contribution in [-0.2, 0) is 6.61 Å². The van der Waals surface area contributed by atoms with Crippen molar-refractivity contribution in [1.29, 1.82) is 0 Å². The van der Waals surface area contributed by atoms with Crippen LogP contribution in [0.2, 0.25) is 0 Å². The Morgan fingerprint density at radius 2 is 1.50 bits per heavy atom. The first-order valence-electron chi connectivity index (χ1n) is 10.7. The SMILES string of the molecule is O=C(NCC12CC3CC(CC(C3)C1)C2)c1ccc(COc2ccccc2)cc1. The third-order valence-electron chi connectivity index (χ3n) is 7.15. The van der Waals surface area contributed by atoms with Crippen LogP contribution in [0, 0.1) is 23.2 Å². The van der Waals surface area contributed by atoms with Crippen LogP contribution in [0.3, 0.4) is 0 Å². The monoisotopic (exact) mass is 375 g/mol. The van der Waals surface area contributed by atoms with Gasteiger partial charge in [0, 0.05) is 12.1 Å². The third kappa shape index (κ3) is 3.67. The molecule has 1 N–H and O–H groups in total. The van der Waals surface area contributed by atoms with Gasteiger partial charge in [-0.2, -0.15) is 0 Å². The van der Waals surface area contributed by atoms with E-state index in [1.807, 2.05) is 54.6 Å². The molecule has 4 aliphatic rings. The predicted octanol–water partition coefficient (Wildman–Crippen LogP) is 5.21. The molecule has 4 fully saturated rings. The van der Waals surface area contributed by atoms with Crippen LogP contribution in [-0.4, -0.2) is 12.5 Å². The highest BCUT2D eigenvalue weighted by molar-refractivity contribution is 5.94. The van der Waals surface area contributed by atoms with Gasteiger partial charge in [-0.1, -0.05) is 30.3 Å². The maximum absolute atomic E-state index is 12.7. The highest BCUT2D eigenvalue weighted by Crippen LogP contribution is 2.59. The zero-order valence-corrected chi connectivity index (χ0v) is 16.4. The molecule has 0 aromatic heterocycles. The summed E-state index contributed by atoms with van der Waals surface area (Å²) in [5.41, 5.74) is 2.20. The number of hydrogen-bond acceptors (Lipinski definition) is 2. The van der Waals surface area contributed by atoms with E-state index < -0.39 is 0 Å². The Kier molecular flexibility index (Phi) is 4.62. The Balaban J connectivity index is 1.16. The van der Waals surface area contributed by atoms with Gasteiger partial charge in [-0.15, -0.1) is 0 Å². The molecule has 4 bridgehead atoms. The summed E-state index contributed by atoms with van der Waals surface area (Å²) < 4.78 is 5.78. The van der Waals surface area contributed by atoms with Crippen LogP contribution in [0.1, 0.15) is 54.4 Å². The molecule has 28 heavy (non-hydrogen) atoms. The quantitative estimate of drug-likeness (QED) is 0.752. The van der Waals surface area contributed by atoms with Crippen LogP contribution in [0.25, 0.3) is 0 Å². The molecule has 4 aliphatic carbocycles. The Labute approximate surface area is 167 Å². The van der Waals surface area contributed by atoms with E-state index in [2.05, 4.69) is 5.32 Å². The third-order valence-corrected chi connectivity index (χ3v) is 7.15. The standard InChI is InChI=1S/C25H29NO2/c27-24(26-17-25-13-19-10-20(14-25)12-21(11-19)15-25)22-8-6-18(7-9-22)16-28-23-4-2-1-3-5-23/h1-9,19-21H,10-17H2,(H,26,27). The van der Waals surface area contributed by atoms with Crippen molar-refractivity contribution < 1.29 is 9.53 Å². The number of benzene rings is 2. The van der Waals surface area contributed by atoms with Crippen LogP contribution in [0.5, 0.6) is 5.75 Å². The average molecular weight is 376 g/mol. The number of rotatable bonds is 6. The van der Waals surface area contributed by atoms with Gasteiger partial charge in [0.05, 0.1) is 0 Å². The fourth-order valence-electron chi connectivity index (χ4n) is 6.31. The summed E-state index contributed by atoms with van der Waals surface area (Å²) in [5, 5.41) is 3.26. The summed E-state index contributed by atoms with van der Waals surface area (Å²) in [6.45, 7) is 1.37. The van der Waals surface area contributed by atoms with Gasteiger partial charge in [0.25, 0.3) is 5.91 Å². The number of hydrogen-bond donors (Lipinski definition) is 1. The van der Waals surface area contributed by atoms with Gasteiger partial charge >= 0.3 is 0 Å². The molecule has 146 valence electrons. The lowest BCUT2D eigenvalue weighted by atomic mass is 9.49. The Morgan fingerprint density at radius 3 is 2.11 bits per heavy atom. The highest BCUT2D eigenvalue weighted by Gasteiger charge is 2.50. The fraction of sp³-hybridized carbons (Fsp3) is 0.480. The van der Waals surface area contributed by atoms with Gasteiger partial charge in [0.2, 0.25) is 0 Å². The fourth-order valence-corrected chi connectivity index (χ4v) is 6.31. The lowest BCUT2D eigenvalue weighted by Gasteiger charge is -2.56. The molecule has 1 amide bonds. The van der Waals surface area contributed by atoms with E-state index in [4.69, 9.17) is 4.74 Å². The van der Waals surface area contributed by atoms with E-state index >= 15 is 0 Å². The Morgan fingerprint density at radius 1 is 0.893 bits per heavy atom. The van der Waals surface area contributed by atoms with Gasteiger partial charge in [-0.25, -0.2) is 0 Å². The minimum Gasteiger partial charge on any atom is -0.489 e. The minimum absolute atomic E-state index is 0.0614. The molecule has 2 aromatic carbocycles. The van der Waals surface area contributed by atoms with Crippen molar-refractivity contribution in [2.45, 2.75) is 45.1 Å². The molecule has 0 atom stereocenters. The zero-order chi connectivity index (χ0) is 19.0. The molecule has 3 nitrogen and oxygen atoms in total. The summed E-state index contributed by atoms with van der Waals surface area (Å²) >= 11 is 0. The first kappa shape index (κ1) is 17.8. The van der Waals surface area contributed by atoms with E-state index in [0.29, 0.717) is 12.0 Å². The lowest BCUT2D eigenvalue weighted by molar-refractivity contribution is -0.0503. The van der Waals surface area contributed by atoms with Gasteiger partial charge in [0.15, 0.2) is 0 Å². The summed E-state index contributed by atoms with van der Waals surface area (Å²) in [7, 11) is 0. The van der Waals surface area contributed by atoms with Crippen LogP contribution in [0.15, 0.2) is 54.6 Å². The largest absolute Gasteiger partial charge is 0.489 e. The number of amides is 1. The molecule has 0 spiro atoms. The van der Waals surface area contributed by atoms with Crippen molar-refractivity contribution in [2.24, 2.45) is 23.2 Å². The predicted molar refractivity (Wildman–Crippen MR) is 110 cm³/mol. The Bertz CT molecular complexity index is 792.